The average Bonchev–Trinajstić information content (AvgIpc) is 2.51. The fraction of sp³-hybridized carbons (Fsp3) is 0.773. The van der Waals surface area contributed by atoms with E-state index in [1.165, 1.54) is 6.08 Å². The van der Waals surface area contributed by atoms with Crippen LogP contribution in [0.3, 0.4) is 0 Å². The summed E-state index contributed by atoms with van der Waals surface area (Å²) >= 11 is 0. The standard InChI is InChI=1S/C22H42O3Si2/c1-12-21(25-27(17(2)3,18(4)5)19(6)7)20(8)13-14-22(23)24-15-16-26(9,10)11/h1,13-14,17-21H,15-16H2,2-11H3/b14-13+/t20-,21-/m0/s1. The van der Waals surface area contributed by atoms with Gasteiger partial charge in [0, 0.05) is 20.1 Å². The van der Waals surface area contributed by atoms with Crippen molar-refractivity contribution < 1.29 is 14.0 Å². The third-order valence-corrected chi connectivity index (χ3v) is 13.1. The zero-order valence-corrected chi connectivity index (χ0v) is 21.3. The number of terminal acetylenes is 1. The first kappa shape index (κ1) is 26.2. The van der Waals surface area contributed by atoms with E-state index in [2.05, 4.69) is 67.1 Å². The van der Waals surface area contributed by atoms with Gasteiger partial charge in [0.25, 0.3) is 0 Å². The molecule has 0 aromatic carbocycles. The Kier molecular flexibility index (Phi) is 10.9. The van der Waals surface area contributed by atoms with Crippen LogP contribution in [-0.4, -0.2) is 35.1 Å². The van der Waals surface area contributed by atoms with E-state index in [4.69, 9.17) is 15.6 Å². The van der Waals surface area contributed by atoms with Crippen molar-refractivity contribution in [1.29, 1.82) is 0 Å². The van der Waals surface area contributed by atoms with E-state index in [-0.39, 0.29) is 18.0 Å². The zero-order chi connectivity index (χ0) is 21.4. The lowest BCUT2D eigenvalue weighted by Gasteiger charge is -2.44. The van der Waals surface area contributed by atoms with Crippen LogP contribution in [0.15, 0.2) is 12.2 Å². The van der Waals surface area contributed by atoms with E-state index in [1.807, 2.05) is 13.0 Å². The molecular formula is C22H42O3Si2. The molecule has 0 spiro atoms. The van der Waals surface area contributed by atoms with Crippen molar-refractivity contribution in [3.05, 3.63) is 12.2 Å². The second kappa shape index (κ2) is 11.2. The normalized spacial score (nSPS) is 15.4. The zero-order valence-electron chi connectivity index (χ0n) is 19.3. The number of carbonyl (C=O) groups excluding carboxylic acids is 1. The van der Waals surface area contributed by atoms with Gasteiger partial charge in [-0.1, -0.05) is 80.1 Å². The smallest absolute Gasteiger partial charge is 0.330 e. The number of ether oxygens (including phenoxy) is 1. The van der Waals surface area contributed by atoms with Crippen LogP contribution < -0.4 is 0 Å². The first-order valence-electron chi connectivity index (χ1n) is 10.3. The number of hydrogen-bond donors (Lipinski definition) is 0. The van der Waals surface area contributed by atoms with Gasteiger partial charge < -0.3 is 9.16 Å². The molecule has 0 rings (SSSR count). The molecule has 0 bridgehead atoms. The van der Waals surface area contributed by atoms with Crippen LogP contribution in [0.2, 0.25) is 42.3 Å². The Balaban J connectivity index is 5.07. The van der Waals surface area contributed by atoms with Crippen molar-refractivity contribution in [2.45, 2.75) is 96.9 Å². The van der Waals surface area contributed by atoms with E-state index in [0.717, 1.165) is 6.04 Å². The molecule has 3 nitrogen and oxygen atoms in total. The highest BCUT2D eigenvalue weighted by molar-refractivity contribution is 6.77. The Morgan fingerprint density at radius 2 is 1.48 bits per heavy atom. The van der Waals surface area contributed by atoms with E-state index >= 15 is 0 Å². The molecule has 0 aromatic heterocycles. The minimum atomic E-state index is -2.06. The van der Waals surface area contributed by atoms with Crippen LogP contribution in [0.1, 0.15) is 48.5 Å². The van der Waals surface area contributed by atoms with Crippen molar-refractivity contribution >= 4 is 22.4 Å². The van der Waals surface area contributed by atoms with E-state index in [0.29, 0.717) is 23.2 Å². The number of rotatable bonds is 11. The predicted octanol–water partition coefficient (Wildman–Crippen LogP) is 6.25. The van der Waals surface area contributed by atoms with Crippen LogP contribution in [0.5, 0.6) is 0 Å². The van der Waals surface area contributed by atoms with Crippen LogP contribution in [0.25, 0.3) is 0 Å². The Morgan fingerprint density at radius 1 is 1.00 bits per heavy atom. The van der Waals surface area contributed by atoms with Gasteiger partial charge in [-0.2, -0.15) is 0 Å². The highest BCUT2D eigenvalue weighted by atomic mass is 28.4. The molecule has 0 saturated heterocycles. The fourth-order valence-electron chi connectivity index (χ4n) is 3.76. The summed E-state index contributed by atoms with van der Waals surface area (Å²) in [7, 11) is -3.26. The highest BCUT2D eigenvalue weighted by Crippen LogP contribution is 2.43. The first-order valence-corrected chi connectivity index (χ1v) is 16.1. The SMILES string of the molecule is C#C[C@H](O[Si](C(C)C)(C(C)C)C(C)C)[C@@H](C)/C=C/C(=O)OCC[Si](C)(C)C. The van der Waals surface area contributed by atoms with Crippen molar-refractivity contribution in [2.24, 2.45) is 5.92 Å². The van der Waals surface area contributed by atoms with Gasteiger partial charge in [-0.15, -0.1) is 6.42 Å². The summed E-state index contributed by atoms with van der Waals surface area (Å²) in [5.74, 6) is 2.49. The maximum atomic E-state index is 12.0. The molecule has 156 valence electrons. The minimum Gasteiger partial charge on any atom is -0.463 e. The lowest BCUT2D eigenvalue weighted by atomic mass is 10.1. The van der Waals surface area contributed by atoms with Crippen molar-refractivity contribution in [2.75, 3.05) is 6.61 Å². The largest absolute Gasteiger partial charge is 0.463 e. The summed E-state index contributed by atoms with van der Waals surface area (Å²) in [4.78, 5) is 12.0. The Hall–Kier alpha value is -0.836. The molecule has 2 atom stereocenters. The molecule has 0 aliphatic carbocycles. The molecule has 27 heavy (non-hydrogen) atoms. The molecule has 0 N–H and O–H groups in total. The lowest BCUT2D eigenvalue weighted by molar-refractivity contribution is -0.137. The summed E-state index contributed by atoms with van der Waals surface area (Å²) < 4.78 is 12.0. The summed E-state index contributed by atoms with van der Waals surface area (Å²) in [5, 5.41) is 0. The summed E-state index contributed by atoms with van der Waals surface area (Å²) in [6.45, 7) is 22.8. The molecule has 0 aromatic rings. The fourth-order valence-corrected chi connectivity index (χ4v) is 10.0. The van der Waals surface area contributed by atoms with E-state index in [1.54, 1.807) is 0 Å². The van der Waals surface area contributed by atoms with Gasteiger partial charge in [0.2, 0.25) is 8.32 Å². The Morgan fingerprint density at radius 3 is 1.85 bits per heavy atom. The first-order chi connectivity index (χ1) is 12.3. The number of hydrogen-bond acceptors (Lipinski definition) is 3. The number of esters is 1. The van der Waals surface area contributed by atoms with Gasteiger partial charge >= 0.3 is 5.97 Å². The topological polar surface area (TPSA) is 35.5 Å². The molecule has 0 aliphatic heterocycles. The van der Waals surface area contributed by atoms with Crippen molar-refractivity contribution in [3.63, 3.8) is 0 Å². The summed E-state index contributed by atoms with van der Waals surface area (Å²) in [5.41, 5.74) is 1.41. The molecule has 0 heterocycles. The second-order valence-electron chi connectivity index (χ2n) is 9.72. The maximum absolute atomic E-state index is 12.0. The van der Waals surface area contributed by atoms with Crippen molar-refractivity contribution in [3.8, 4) is 12.3 Å². The van der Waals surface area contributed by atoms with Gasteiger partial charge in [-0.25, -0.2) is 4.79 Å². The molecule has 0 aliphatic rings. The highest BCUT2D eigenvalue weighted by Gasteiger charge is 2.46. The predicted molar refractivity (Wildman–Crippen MR) is 122 cm³/mol. The average molecular weight is 411 g/mol. The van der Waals surface area contributed by atoms with Gasteiger partial charge in [0.05, 0.1) is 6.61 Å². The molecule has 0 radical (unpaired) electrons. The molecule has 0 saturated carbocycles. The van der Waals surface area contributed by atoms with Crippen LogP contribution in [0, 0.1) is 18.3 Å². The van der Waals surface area contributed by atoms with Crippen LogP contribution >= 0.6 is 0 Å². The van der Waals surface area contributed by atoms with Gasteiger partial charge in [0.15, 0.2) is 0 Å². The Bertz CT molecular complexity index is 503. The lowest BCUT2D eigenvalue weighted by Crippen LogP contribution is -2.50. The van der Waals surface area contributed by atoms with Gasteiger partial charge in [0.1, 0.15) is 6.10 Å². The van der Waals surface area contributed by atoms with Crippen LogP contribution in [-0.2, 0) is 14.0 Å². The third kappa shape index (κ3) is 8.37. The maximum Gasteiger partial charge on any atom is 0.330 e. The minimum absolute atomic E-state index is 0.0392. The summed E-state index contributed by atoms with van der Waals surface area (Å²) in [6, 6.07) is 0.976. The van der Waals surface area contributed by atoms with Gasteiger partial charge in [-0.05, 0) is 22.7 Å². The summed E-state index contributed by atoms with van der Waals surface area (Å²) in [6.07, 6.45) is 8.83. The molecule has 0 amide bonds. The van der Waals surface area contributed by atoms with Crippen LogP contribution in [0.4, 0.5) is 0 Å². The second-order valence-corrected chi connectivity index (χ2v) is 20.7. The quantitative estimate of drug-likeness (QED) is 0.175. The monoisotopic (exact) mass is 410 g/mol. The molecule has 0 unspecified atom stereocenters. The molecule has 0 fully saturated rings. The van der Waals surface area contributed by atoms with E-state index < -0.39 is 16.4 Å². The number of carbonyl (C=O) groups is 1. The molecule has 5 heteroatoms. The molecular weight excluding hydrogens is 368 g/mol. The van der Waals surface area contributed by atoms with Crippen molar-refractivity contribution in [1.82, 2.24) is 0 Å². The van der Waals surface area contributed by atoms with E-state index in [9.17, 15) is 4.79 Å². The van der Waals surface area contributed by atoms with Gasteiger partial charge in [-0.3, -0.25) is 0 Å². The third-order valence-electron chi connectivity index (χ3n) is 5.31. The Labute approximate surface area is 170 Å².